The van der Waals surface area contributed by atoms with Gasteiger partial charge in [-0.25, -0.2) is 0 Å². The first-order chi connectivity index (χ1) is 14.0. The molecular weight excluding hydrogens is 392 g/mol. The molecule has 0 saturated carbocycles. The van der Waals surface area contributed by atoms with Gasteiger partial charge in [0, 0.05) is 11.8 Å². The molecule has 3 aromatic rings. The van der Waals surface area contributed by atoms with E-state index in [0.29, 0.717) is 28.6 Å². The number of rotatable bonds is 8. The van der Waals surface area contributed by atoms with E-state index >= 15 is 0 Å². The molecule has 0 bridgehead atoms. The third-order valence-corrected chi connectivity index (χ3v) is 4.53. The third kappa shape index (κ3) is 4.97. The van der Waals surface area contributed by atoms with Gasteiger partial charge in [-0.2, -0.15) is 5.10 Å². The monoisotopic (exact) mass is 412 g/mol. The topological polar surface area (TPSA) is 62.6 Å². The quantitative estimate of drug-likeness (QED) is 0.402. The van der Waals surface area contributed by atoms with E-state index in [4.69, 9.17) is 25.8 Å². The van der Waals surface area contributed by atoms with Crippen molar-refractivity contribution in [1.82, 2.24) is 9.78 Å². The van der Waals surface area contributed by atoms with E-state index in [2.05, 4.69) is 5.10 Å². The Morgan fingerprint density at radius 1 is 1.07 bits per heavy atom. The Morgan fingerprint density at radius 2 is 1.83 bits per heavy atom. The van der Waals surface area contributed by atoms with Crippen molar-refractivity contribution in [3.63, 3.8) is 0 Å². The number of ketones is 1. The van der Waals surface area contributed by atoms with Crippen molar-refractivity contribution in [3.8, 4) is 17.2 Å². The average molecular weight is 413 g/mol. The van der Waals surface area contributed by atoms with Crippen molar-refractivity contribution in [2.45, 2.75) is 6.54 Å². The van der Waals surface area contributed by atoms with E-state index in [1.165, 1.54) is 13.2 Å². The molecule has 1 heterocycles. The maximum absolute atomic E-state index is 12.7. The molecule has 0 saturated heterocycles. The van der Waals surface area contributed by atoms with Crippen LogP contribution in [0.3, 0.4) is 0 Å². The molecule has 0 spiro atoms. The Balaban J connectivity index is 1.85. The standard InChI is InChI=1S/C22H21ClN2O4/c1-27-18-6-9-22(29-3)19(11-18)20(26)7-4-15-5-8-21(28-2)16(10-15)13-25-14-17(23)12-24-25/h4-12,14H,13H2,1-3H3/b7-4+. The highest BCUT2D eigenvalue weighted by Gasteiger charge is 2.12. The molecule has 150 valence electrons. The fraction of sp³-hybridized carbons (Fsp3) is 0.182. The van der Waals surface area contributed by atoms with Gasteiger partial charge in [0.15, 0.2) is 5.78 Å². The summed E-state index contributed by atoms with van der Waals surface area (Å²) in [5.74, 6) is 1.63. The van der Waals surface area contributed by atoms with Crippen LogP contribution in [0.4, 0.5) is 0 Å². The van der Waals surface area contributed by atoms with Crippen molar-refractivity contribution in [3.05, 3.63) is 76.6 Å². The fourth-order valence-electron chi connectivity index (χ4n) is 2.89. The number of nitrogens with zero attached hydrogens (tertiary/aromatic N) is 2. The summed E-state index contributed by atoms with van der Waals surface area (Å²) in [5, 5.41) is 4.76. The fourth-order valence-corrected chi connectivity index (χ4v) is 3.05. The summed E-state index contributed by atoms with van der Waals surface area (Å²) in [6, 6.07) is 10.8. The zero-order valence-corrected chi connectivity index (χ0v) is 17.1. The number of methoxy groups -OCH3 is 3. The van der Waals surface area contributed by atoms with E-state index in [0.717, 1.165) is 16.9 Å². The first-order valence-corrected chi connectivity index (χ1v) is 9.21. The molecule has 2 aromatic carbocycles. The van der Waals surface area contributed by atoms with Crippen LogP contribution in [0.1, 0.15) is 21.5 Å². The van der Waals surface area contributed by atoms with Gasteiger partial charge in [-0.15, -0.1) is 0 Å². The summed E-state index contributed by atoms with van der Waals surface area (Å²) < 4.78 is 17.6. The number of ether oxygens (including phenoxy) is 3. The molecule has 3 rings (SSSR count). The molecule has 7 heteroatoms. The van der Waals surface area contributed by atoms with Crippen molar-refractivity contribution in [1.29, 1.82) is 0 Å². The zero-order valence-electron chi connectivity index (χ0n) is 16.4. The number of carbonyl (C=O) groups excluding carboxylic acids is 1. The SMILES string of the molecule is COc1ccc(OC)c(C(=O)/C=C/c2ccc(OC)c(Cn3cc(Cl)cn3)c2)c1. The predicted octanol–water partition coefficient (Wildman–Crippen LogP) is 4.51. The van der Waals surface area contributed by atoms with Gasteiger partial charge in [-0.05, 0) is 42.0 Å². The summed E-state index contributed by atoms with van der Waals surface area (Å²) >= 11 is 5.94. The minimum absolute atomic E-state index is 0.183. The van der Waals surface area contributed by atoms with Crippen LogP contribution in [0, 0.1) is 0 Å². The predicted molar refractivity (Wildman–Crippen MR) is 112 cm³/mol. The van der Waals surface area contributed by atoms with Gasteiger partial charge in [-0.1, -0.05) is 23.7 Å². The Morgan fingerprint density at radius 3 is 2.48 bits per heavy atom. The molecule has 0 aliphatic carbocycles. The van der Waals surface area contributed by atoms with Gasteiger partial charge in [0.05, 0.1) is 44.7 Å². The smallest absolute Gasteiger partial charge is 0.189 e. The van der Waals surface area contributed by atoms with E-state index in [1.54, 1.807) is 55.6 Å². The molecule has 0 fully saturated rings. The lowest BCUT2D eigenvalue weighted by Gasteiger charge is -2.10. The lowest BCUT2D eigenvalue weighted by Crippen LogP contribution is -2.02. The van der Waals surface area contributed by atoms with Crippen LogP contribution >= 0.6 is 11.6 Å². The second kappa shape index (κ2) is 9.30. The highest BCUT2D eigenvalue weighted by atomic mass is 35.5. The number of aromatic nitrogens is 2. The van der Waals surface area contributed by atoms with Crippen molar-refractivity contribution in [2.75, 3.05) is 21.3 Å². The van der Waals surface area contributed by atoms with Gasteiger partial charge in [-0.3, -0.25) is 9.48 Å². The third-order valence-electron chi connectivity index (χ3n) is 4.34. The molecule has 0 aliphatic rings. The molecule has 6 nitrogen and oxygen atoms in total. The Hall–Kier alpha value is -3.25. The molecule has 0 radical (unpaired) electrons. The van der Waals surface area contributed by atoms with Crippen LogP contribution in [0.25, 0.3) is 6.08 Å². The zero-order chi connectivity index (χ0) is 20.8. The molecular formula is C22H21ClN2O4. The number of hydrogen-bond donors (Lipinski definition) is 0. The molecule has 0 unspecified atom stereocenters. The van der Waals surface area contributed by atoms with Crippen molar-refractivity contribution < 1.29 is 19.0 Å². The van der Waals surface area contributed by atoms with Gasteiger partial charge in [0.2, 0.25) is 0 Å². The number of benzene rings is 2. The van der Waals surface area contributed by atoms with Crippen LogP contribution in [0.2, 0.25) is 5.02 Å². The Bertz CT molecular complexity index is 1040. The summed E-state index contributed by atoms with van der Waals surface area (Å²) in [6.07, 6.45) is 6.58. The first kappa shape index (κ1) is 20.5. The lowest BCUT2D eigenvalue weighted by atomic mass is 10.1. The summed E-state index contributed by atoms with van der Waals surface area (Å²) in [7, 11) is 4.69. The molecule has 0 aliphatic heterocycles. The van der Waals surface area contributed by atoms with Crippen LogP contribution in [0.15, 0.2) is 54.9 Å². The number of allylic oxidation sites excluding steroid dienone is 1. The minimum atomic E-state index is -0.183. The second-order valence-corrected chi connectivity index (χ2v) is 6.63. The average Bonchev–Trinajstić information content (AvgIpc) is 3.16. The van der Waals surface area contributed by atoms with Gasteiger partial charge in [0.1, 0.15) is 17.2 Å². The molecule has 0 N–H and O–H groups in total. The Kier molecular flexibility index (Phi) is 6.57. The van der Waals surface area contributed by atoms with Gasteiger partial charge < -0.3 is 14.2 Å². The van der Waals surface area contributed by atoms with Gasteiger partial charge in [0.25, 0.3) is 0 Å². The highest BCUT2D eigenvalue weighted by molar-refractivity contribution is 6.30. The van der Waals surface area contributed by atoms with Crippen molar-refractivity contribution >= 4 is 23.5 Å². The van der Waals surface area contributed by atoms with Crippen LogP contribution in [-0.2, 0) is 6.54 Å². The van der Waals surface area contributed by atoms with Crippen molar-refractivity contribution in [2.24, 2.45) is 0 Å². The highest BCUT2D eigenvalue weighted by Crippen LogP contribution is 2.26. The lowest BCUT2D eigenvalue weighted by molar-refractivity contribution is 0.104. The summed E-state index contributed by atoms with van der Waals surface area (Å²) in [4.78, 5) is 12.7. The number of halogens is 1. The van der Waals surface area contributed by atoms with Gasteiger partial charge >= 0.3 is 0 Å². The summed E-state index contributed by atoms with van der Waals surface area (Å²) in [5.41, 5.74) is 2.21. The molecule has 29 heavy (non-hydrogen) atoms. The maximum Gasteiger partial charge on any atom is 0.189 e. The molecule has 0 amide bonds. The van der Waals surface area contributed by atoms with E-state index in [9.17, 15) is 4.79 Å². The maximum atomic E-state index is 12.7. The van der Waals surface area contributed by atoms with E-state index < -0.39 is 0 Å². The largest absolute Gasteiger partial charge is 0.497 e. The first-order valence-electron chi connectivity index (χ1n) is 8.83. The van der Waals surface area contributed by atoms with E-state index in [-0.39, 0.29) is 5.78 Å². The van der Waals surface area contributed by atoms with Crippen LogP contribution < -0.4 is 14.2 Å². The number of hydrogen-bond acceptors (Lipinski definition) is 5. The minimum Gasteiger partial charge on any atom is -0.497 e. The summed E-state index contributed by atoms with van der Waals surface area (Å²) in [6.45, 7) is 0.495. The van der Waals surface area contributed by atoms with Crippen LogP contribution in [0.5, 0.6) is 17.2 Å². The van der Waals surface area contributed by atoms with E-state index in [1.807, 2.05) is 18.2 Å². The second-order valence-electron chi connectivity index (χ2n) is 6.19. The Labute approximate surface area is 174 Å². The van der Waals surface area contributed by atoms with Crippen LogP contribution in [-0.4, -0.2) is 36.9 Å². The molecule has 1 aromatic heterocycles. The normalized spacial score (nSPS) is 10.9. The molecule has 0 atom stereocenters. The number of carbonyl (C=O) groups is 1.